The zero-order chi connectivity index (χ0) is 14.8. The third-order valence-electron chi connectivity index (χ3n) is 2.99. The lowest BCUT2D eigenvalue weighted by molar-refractivity contribution is -0.150. The zero-order valence-electron chi connectivity index (χ0n) is 10.2. The quantitative estimate of drug-likeness (QED) is 0.576. The zero-order valence-corrected chi connectivity index (χ0v) is 12.6. The van der Waals surface area contributed by atoms with Crippen LogP contribution in [0.3, 0.4) is 0 Å². The number of rotatable bonds is 3. The van der Waals surface area contributed by atoms with Crippen LogP contribution in [0.1, 0.15) is 21.9 Å². The Bertz CT molecular complexity index is 552. The van der Waals surface area contributed by atoms with Gasteiger partial charge in [0.2, 0.25) is 0 Å². The molecule has 2 unspecified atom stereocenters. The van der Waals surface area contributed by atoms with E-state index in [0.29, 0.717) is 10.6 Å². The minimum Gasteiger partial charge on any atom is -0.170 e. The van der Waals surface area contributed by atoms with Gasteiger partial charge >= 0.3 is 6.18 Å². The molecule has 2 aromatic carbocycles. The molecule has 2 aromatic rings. The number of alkyl halides is 4. The van der Waals surface area contributed by atoms with Crippen LogP contribution in [-0.4, -0.2) is 6.18 Å². The third-order valence-corrected chi connectivity index (χ3v) is 4.30. The molecule has 0 heterocycles. The second kappa shape index (κ2) is 6.19. The SMILES string of the molecule is FC(F)(F)C(c1ccc(Cl)cc1)C(Br)c1ccccc1. The van der Waals surface area contributed by atoms with Gasteiger partial charge in [0.1, 0.15) is 0 Å². The standard InChI is InChI=1S/C15H11BrClF3/c16-14(11-4-2-1-3-5-11)13(15(18,19)20)10-6-8-12(17)9-7-10/h1-9,13-14H. The minimum absolute atomic E-state index is 0.188. The van der Waals surface area contributed by atoms with E-state index in [-0.39, 0.29) is 5.56 Å². The van der Waals surface area contributed by atoms with Gasteiger partial charge in [-0.05, 0) is 23.3 Å². The van der Waals surface area contributed by atoms with Crippen LogP contribution in [0.5, 0.6) is 0 Å². The predicted molar refractivity (Wildman–Crippen MR) is 78.4 cm³/mol. The largest absolute Gasteiger partial charge is 0.397 e. The van der Waals surface area contributed by atoms with Crippen molar-refractivity contribution in [2.45, 2.75) is 16.9 Å². The van der Waals surface area contributed by atoms with Crippen LogP contribution >= 0.6 is 27.5 Å². The van der Waals surface area contributed by atoms with Gasteiger partial charge in [0, 0.05) is 5.02 Å². The van der Waals surface area contributed by atoms with Crippen LogP contribution in [0, 0.1) is 0 Å². The van der Waals surface area contributed by atoms with Crippen molar-refractivity contribution in [2.24, 2.45) is 0 Å². The molecule has 0 spiro atoms. The van der Waals surface area contributed by atoms with Crippen LogP contribution in [0.25, 0.3) is 0 Å². The molecule has 20 heavy (non-hydrogen) atoms. The number of benzene rings is 2. The van der Waals surface area contributed by atoms with Crippen LogP contribution < -0.4 is 0 Å². The van der Waals surface area contributed by atoms with Gasteiger partial charge in [-0.3, -0.25) is 0 Å². The maximum atomic E-state index is 13.4. The van der Waals surface area contributed by atoms with E-state index in [1.54, 1.807) is 30.3 Å². The molecule has 0 aromatic heterocycles. The summed E-state index contributed by atoms with van der Waals surface area (Å²) in [5.41, 5.74) is 0.775. The maximum Gasteiger partial charge on any atom is 0.397 e. The lowest BCUT2D eigenvalue weighted by Crippen LogP contribution is -2.24. The van der Waals surface area contributed by atoms with Crippen molar-refractivity contribution in [2.75, 3.05) is 0 Å². The van der Waals surface area contributed by atoms with Crippen molar-refractivity contribution in [1.29, 1.82) is 0 Å². The summed E-state index contributed by atoms with van der Waals surface area (Å²) in [6, 6.07) is 14.3. The van der Waals surface area contributed by atoms with Gasteiger partial charge < -0.3 is 0 Å². The van der Waals surface area contributed by atoms with Crippen molar-refractivity contribution in [1.82, 2.24) is 0 Å². The third kappa shape index (κ3) is 3.55. The van der Waals surface area contributed by atoms with E-state index < -0.39 is 16.9 Å². The van der Waals surface area contributed by atoms with Gasteiger partial charge in [-0.15, -0.1) is 0 Å². The maximum absolute atomic E-state index is 13.4. The van der Waals surface area contributed by atoms with Gasteiger partial charge in [-0.2, -0.15) is 13.2 Å². The van der Waals surface area contributed by atoms with Crippen molar-refractivity contribution < 1.29 is 13.2 Å². The molecular formula is C15H11BrClF3. The summed E-state index contributed by atoms with van der Waals surface area (Å²) < 4.78 is 40.1. The van der Waals surface area contributed by atoms with Gasteiger partial charge in [-0.1, -0.05) is 70.0 Å². The van der Waals surface area contributed by atoms with E-state index in [1.807, 2.05) is 0 Å². The lowest BCUT2D eigenvalue weighted by atomic mass is 9.91. The molecule has 0 aliphatic rings. The Morgan fingerprint density at radius 3 is 1.90 bits per heavy atom. The van der Waals surface area contributed by atoms with E-state index in [4.69, 9.17) is 11.6 Å². The average molecular weight is 364 g/mol. The molecule has 0 radical (unpaired) electrons. The highest BCUT2D eigenvalue weighted by molar-refractivity contribution is 9.09. The summed E-state index contributed by atoms with van der Waals surface area (Å²) in [7, 11) is 0. The Kier molecular flexibility index (Phi) is 4.76. The summed E-state index contributed by atoms with van der Waals surface area (Å²) >= 11 is 8.92. The smallest absolute Gasteiger partial charge is 0.170 e. The molecule has 0 fully saturated rings. The molecule has 0 saturated carbocycles. The molecule has 0 amide bonds. The van der Waals surface area contributed by atoms with Gasteiger partial charge in [-0.25, -0.2) is 0 Å². The van der Waals surface area contributed by atoms with E-state index in [2.05, 4.69) is 15.9 Å². The normalized spacial score (nSPS) is 14.8. The Morgan fingerprint density at radius 2 is 1.40 bits per heavy atom. The molecule has 5 heteroatoms. The van der Waals surface area contributed by atoms with E-state index >= 15 is 0 Å². The molecule has 2 atom stereocenters. The number of halogens is 5. The molecule has 0 N–H and O–H groups in total. The number of hydrogen-bond acceptors (Lipinski definition) is 0. The monoisotopic (exact) mass is 362 g/mol. The Hall–Kier alpha value is -1.00. The van der Waals surface area contributed by atoms with Gasteiger partial charge in [0.25, 0.3) is 0 Å². The summed E-state index contributed by atoms with van der Waals surface area (Å²) in [6.07, 6.45) is -4.35. The summed E-state index contributed by atoms with van der Waals surface area (Å²) in [5.74, 6) is -1.62. The Morgan fingerprint density at radius 1 is 0.850 bits per heavy atom. The van der Waals surface area contributed by atoms with Crippen molar-refractivity contribution in [3.63, 3.8) is 0 Å². The summed E-state index contributed by atoms with van der Waals surface area (Å²) in [5, 5.41) is 0.417. The van der Waals surface area contributed by atoms with Crippen molar-refractivity contribution in [3.8, 4) is 0 Å². The van der Waals surface area contributed by atoms with E-state index in [1.165, 1.54) is 24.3 Å². The van der Waals surface area contributed by atoms with Crippen molar-refractivity contribution >= 4 is 27.5 Å². The topological polar surface area (TPSA) is 0 Å². The lowest BCUT2D eigenvalue weighted by Gasteiger charge is -2.26. The first-order valence-corrected chi connectivity index (χ1v) is 7.20. The number of hydrogen-bond donors (Lipinski definition) is 0. The highest BCUT2D eigenvalue weighted by atomic mass is 79.9. The van der Waals surface area contributed by atoms with Crippen LogP contribution in [0.4, 0.5) is 13.2 Å². The van der Waals surface area contributed by atoms with Crippen LogP contribution in [0.15, 0.2) is 54.6 Å². The molecule has 0 saturated heterocycles. The molecule has 0 bridgehead atoms. The Balaban J connectivity index is 2.41. The second-order valence-corrected chi connectivity index (χ2v) is 5.81. The predicted octanol–water partition coefficient (Wildman–Crippen LogP) is 6.12. The average Bonchev–Trinajstić information content (AvgIpc) is 2.41. The molecule has 2 rings (SSSR count). The first-order chi connectivity index (χ1) is 9.39. The van der Waals surface area contributed by atoms with E-state index in [9.17, 15) is 13.2 Å². The minimum atomic E-state index is -4.35. The molecule has 106 valence electrons. The summed E-state index contributed by atoms with van der Waals surface area (Å²) in [4.78, 5) is -0.843. The fourth-order valence-corrected chi connectivity index (χ4v) is 3.06. The molecule has 0 aliphatic heterocycles. The molecule has 0 nitrogen and oxygen atoms in total. The first-order valence-electron chi connectivity index (χ1n) is 5.91. The first kappa shape index (κ1) is 15.4. The van der Waals surface area contributed by atoms with Crippen molar-refractivity contribution in [3.05, 3.63) is 70.7 Å². The van der Waals surface area contributed by atoms with Gasteiger partial charge in [0.15, 0.2) is 0 Å². The highest BCUT2D eigenvalue weighted by Gasteiger charge is 2.45. The summed E-state index contributed by atoms with van der Waals surface area (Å²) in [6.45, 7) is 0. The fraction of sp³-hybridized carbons (Fsp3) is 0.200. The molecular weight excluding hydrogens is 353 g/mol. The Labute approximate surface area is 128 Å². The van der Waals surface area contributed by atoms with E-state index in [0.717, 1.165) is 0 Å². The van der Waals surface area contributed by atoms with Gasteiger partial charge in [0.05, 0.1) is 10.7 Å². The van der Waals surface area contributed by atoms with Crippen LogP contribution in [0.2, 0.25) is 5.02 Å². The van der Waals surface area contributed by atoms with Crippen LogP contribution in [-0.2, 0) is 0 Å². The molecule has 0 aliphatic carbocycles. The highest BCUT2D eigenvalue weighted by Crippen LogP contribution is 2.47. The second-order valence-electron chi connectivity index (χ2n) is 4.38. The fourth-order valence-electron chi connectivity index (χ4n) is 2.02.